The third kappa shape index (κ3) is 4.22. The molecule has 0 aliphatic carbocycles. The summed E-state index contributed by atoms with van der Waals surface area (Å²) in [6, 6.07) is 5.60. The molecule has 2 aliphatic rings. The molecule has 0 saturated carbocycles. The zero-order valence-electron chi connectivity index (χ0n) is 13.0. The predicted octanol–water partition coefficient (Wildman–Crippen LogP) is 2.18. The van der Waals surface area contributed by atoms with Crippen molar-refractivity contribution in [1.29, 1.82) is 0 Å². The minimum Gasteiger partial charge on any atom is -0.492 e. The molecule has 3 rings (SSSR count). The van der Waals surface area contributed by atoms with E-state index < -0.39 is 10.0 Å². The summed E-state index contributed by atoms with van der Waals surface area (Å²) < 4.78 is 50.7. The molecule has 2 atom stereocenters. The Morgan fingerprint density at radius 2 is 2.00 bits per heavy atom. The van der Waals surface area contributed by atoms with Crippen molar-refractivity contribution in [3.8, 4) is 5.75 Å². The Balaban J connectivity index is 1.59. The summed E-state index contributed by atoms with van der Waals surface area (Å²) in [5.41, 5.74) is 0. The van der Waals surface area contributed by atoms with Crippen molar-refractivity contribution in [1.82, 2.24) is 4.31 Å². The molecule has 0 spiro atoms. The molecule has 1 aromatic carbocycles. The van der Waals surface area contributed by atoms with Crippen molar-refractivity contribution in [3.63, 3.8) is 0 Å². The van der Waals surface area contributed by atoms with Gasteiger partial charge in [-0.05, 0) is 49.9 Å². The van der Waals surface area contributed by atoms with Gasteiger partial charge >= 0.3 is 0 Å². The Morgan fingerprint density at radius 1 is 1.22 bits per heavy atom. The molecule has 2 aliphatic heterocycles. The second-order valence-electron chi connectivity index (χ2n) is 6.09. The van der Waals surface area contributed by atoms with Crippen LogP contribution in [0.3, 0.4) is 0 Å². The van der Waals surface area contributed by atoms with E-state index in [2.05, 4.69) is 0 Å². The Morgan fingerprint density at radius 3 is 2.70 bits per heavy atom. The topological polar surface area (TPSA) is 55.8 Å². The van der Waals surface area contributed by atoms with Crippen LogP contribution in [0.5, 0.6) is 5.75 Å². The first-order valence-electron chi connectivity index (χ1n) is 8.04. The molecule has 0 aromatic heterocycles. The second kappa shape index (κ2) is 7.15. The van der Waals surface area contributed by atoms with Crippen LogP contribution in [0.2, 0.25) is 0 Å². The van der Waals surface area contributed by atoms with Crippen molar-refractivity contribution in [2.75, 3.05) is 25.5 Å². The van der Waals surface area contributed by atoms with Gasteiger partial charge < -0.3 is 9.47 Å². The number of hydrogen-bond donors (Lipinski definition) is 0. The van der Waals surface area contributed by atoms with Crippen molar-refractivity contribution in [2.24, 2.45) is 0 Å². The monoisotopic (exact) mass is 343 g/mol. The molecule has 2 heterocycles. The van der Waals surface area contributed by atoms with Crippen LogP contribution in [-0.4, -0.2) is 50.4 Å². The van der Waals surface area contributed by atoms with Gasteiger partial charge in [0.2, 0.25) is 10.0 Å². The van der Waals surface area contributed by atoms with Gasteiger partial charge in [0.15, 0.2) is 0 Å². The number of ether oxygens (including phenoxy) is 2. The third-order valence-electron chi connectivity index (χ3n) is 4.36. The predicted molar refractivity (Wildman–Crippen MR) is 84.4 cm³/mol. The lowest BCUT2D eigenvalue weighted by atomic mass is 10.2. The quantitative estimate of drug-likeness (QED) is 0.794. The molecule has 128 valence electrons. The van der Waals surface area contributed by atoms with E-state index >= 15 is 0 Å². The Hall–Kier alpha value is -1.18. The molecule has 23 heavy (non-hydrogen) atoms. The Bertz CT molecular complexity index is 613. The molecule has 0 radical (unpaired) electrons. The van der Waals surface area contributed by atoms with Crippen molar-refractivity contribution < 1.29 is 22.3 Å². The van der Waals surface area contributed by atoms with E-state index in [4.69, 9.17) is 9.47 Å². The fourth-order valence-corrected chi connectivity index (χ4v) is 5.12. The summed E-state index contributed by atoms with van der Waals surface area (Å²) in [5.74, 6) is 0.286. The largest absolute Gasteiger partial charge is 0.492 e. The normalized spacial score (nSPS) is 25.8. The van der Waals surface area contributed by atoms with Gasteiger partial charge in [0, 0.05) is 13.2 Å². The minimum atomic E-state index is -3.34. The molecule has 1 unspecified atom stereocenters. The molecule has 2 fully saturated rings. The minimum absolute atomic E-state index is 0.0556. The number of nitrogens with zero attached hydrogens (tertiary/aromatic N) is 1. The number of halogens is 1. The van der Waals surface area contributed by atoms with Crippen LogP contribution in [0, 0.1) is 5.82 Å². The summed E-state index contributed by atoms with van der Waals surface area (Å²) >= 11 is 0. The lowest BCUT2D eigenvalue weighted by Crippen LogP contribution is -2.42. The summed E-state index contributed by atoms with van der Waals surface area (Å²) in [4.78, 5) is 0. The third-order valence-corrected chi connectivity index (χ3v) is 6.35. The van der Waals surface area contributed by atoms with Crippen LogP contribution in [0.25, 0.3) is 0 Å². The first-order valence-corrected chi connectivity index (χ1v) is 9.65. The van der Waals surface area contributed by atoms with Gasteiger partial charge in [0.05, 0.1) is 17.9 Å². The molecule has 5 nitrogen and oxygen atoms in total. The van der Waals surface area contributed by atoms with Gasteiger partial charge in [-0.15, -0.1) is 0 Å². The standard InChI is InChI=1S/C16H22FNO4S/c17-13-5-7-15(8-6-13)22-11-14-3-1-9-18(14)23(19,20)12-16-4-2-10-21-16/h5-8,14,16H,1-4,9-12H2/t14-,16?/m0/s1. The average molecular weight is 343 g/mol. The highest BCUT2D eigenvalue weighted by atomic mass is 32.2. The van der Waals surface area contributed by atoms with E-state index in [1.807, 2.05) is 0 Å². The molecule has 1 aromatic rings. The van der Waals surface area contributed by atoms with Crippen LogP contribution >= 0.6 is 0 Å². The molecular formula is C16H22FNO4S. The maximum absolute atomic E-state index is 12.9. The van der Waals surface area contributed by atoms with Gasteiger partial charge in [-0.3, -0.25) is 0 Å². The molecule has 2 saturated heterocycles. The fourth-order valence-electron chi connectivity index (χ4n) is 3.17. The number of hydrogen-bond acceptors (Lipinski definition) is 4. The van der Waals surface area contributed by atoms with E-state index in [1.165, 1.54) is 12.1 Å². The van der Waals surface area contributed by atoms with Gasteiger partial charge in [0.1, 0.15) is 18.2 Å². The van der Waals surface area contributed by atoms with Crippen molar-refractivity contribution in [3.05, 3.63) is 30.1 Å². The Labute approximate surface area is 136 Å². The highest BCUT2D eigenvalue weighted by Gasteiger charge is 2.36. The van der Waals surface area contributed by atoms with Crippen molar-refractivity contribution >= 4 is 10.0 Å². The average Bonchev–Trinajstić information content (AvgIpc) is 3.17. The number of benzene rings is 1. The highest BCUT2D eigenvalue weighted by Crippen LogP contribution is 2.25. The SMILES string of the molecule is O=S(=O)(CC1CCCO1)N1CCC[C@H]1COc1ccc(F)cc1. The van der Waals surface area contributed by atoms with Crippen LogP contribution in [0.1, 0.15) is 25.7 Å². The van der Waals surface area contributed by atoms with Crippen molar-refractivity contribution in [2.45, 2.75) is 37.8 Å². The smallest absolute Gasteiger partial charge is 0.217 e. The van der Waals surface area contributed by atoms with Crippen LogP contribution in [0.15, 0.2) is 24.3 Å². The zero-order valence-corrected chi connectivity index (χ0v) is 13.8. The fraction of sp³-hybridized carbons (Fsp3) is 0.625. The van der Waals surface area contributed by atoms with E-state index in [1.54, 1.807) is 16.4 Å². The van der Waals surface area contributed by atoms with Gasteiger partial charge in [0.25, 0.3) is 0 Å². The molecular weight excluding hydrogens is 321 g/mol. The Kier molecular flexibility index (Phi) is 5.18. The number of rotatable bonds is 6. The second-order valence-corrected chi connectivity index (χ2v) is 8.05. The van der Waals surface area contributed by atoms with E-state index in [0.29, 0.717) is 18.9 Å². The van der Waals surface area contributed by atoms with Gasteiger partial charge in [-0.1, -0.05) is 0 Å². The van der Waals surface area contributed by atoms with Crippen LogP contribution in [-0.2, 0) is 14.8 Å². The number of sulfonamides is 1. The van der Waals surface area contributed by atoms with Gasteiger partial charge in [-0.25, -0.2) is 12.8 Å². The molecule has 0 N–H and O–H groups in total. The zero-order chi connectivity index (χ0) is 16.3. The maximum Gasteiger partial charge on any atom is 0.217 e. The maximum atomic E-state index is 12.9. The van der Waals surface area contributed by atoms with E-state index in [9.17, 15) is 12.8 Å². The highest BCUT2D eigenvalue weighted by molar-refractivity contribution is 7.89. The lowest BCUT2D eigenvalue weighted by Gasteiger charge is -2.25. The van der Waals surface area contributed by atoms with E-state index in [-0.39, 0.29) is 30.3 Å². The summed E-state index contributed by atoms with van der Waals surface area (Å²) in [5, 5.41) is 0. The summed E-state index contributed by atoms with van der Waals surface area (Å²) in [6.45, 7) is 1.47. The van der Waals surface area contributed by atoms with E-state index in [0.717, 1.165) is 25.7 Å². The summed E-state index contributed by atoms with van der Waals surface area (Å²) in [6.07, 6.45) is 3.18. The molecule has 0 bridgehead atoms. The first-order chi connectivity index (χ1) is 11.0. The first kappa shape index (κ1) is 16.7. The molecule has 7 heteroatoms. The molecule has 0 amide bonds. The van der Waals surface area contributed by atoms with Crippen LogP contribution in [0.4, 0.5) is 4.39 Å². The summed E-state index contributed by atoms with van der Waals surface area (Å²) in [7, 11) is -3.34. The van der Waals surface area contributed by atoms with Gasteiger partial charge in [-0.2, -0.15) is 4.31 Å². The van der Waals surface area contributed by atoms with Crippen LogP contribution < -0.4 is 4.74 Å². The lowest BCUT2D eigenvalue weighted by molar-refractivity contribution is 0.126.